The molecule has 3 nitrogen and oxygen atoms in total. The Kier molecular flexibility index (Phi) is 9.20. The van der Waals surface area contributed by atoms with Gasteiger partial charge in [-0.1, -0.05) is 56.3 Å². The van der Waals surface area contributed by atoms with E-state index in [9.17, 15) is 13.0 Å². The molecule has 2 aromatic carbocycles. The first-order valence-corrected chi connectivity index (χ1v) is 8.21. The first-order valence-electron chi connectivity index (χ1n) is 6.80. The molecule has 0 heterocycles. The molecule has 114 valence electrons. The van der Waals surface area contributed by atoms with Crippen molar-refractivity contribution in [2.45, 2.75) is 38.5 Å². The van der Waals surface area contributed by atoms with Gasteiger partial charge in [0.15, 0.2) is 0 Å². The molecule has 0 unspecified atom stereocenters. The fraction of sp³-hybridized carbons (Fsp3) is 0.294. The normalized spacial score (nSPS) is 10.5. The minimum atomic E-state index is -4.31. The molecule has 0 aromatic heterocycles. The van der Waals surface area contributed by atoms with Crippen LogP contribution in [0.4, 0.5) is 0 Å². The van der Waals surface area contributed by atoms with Gasteiger partial charge in [0.1, 0.15) is 10.1 Å². The van der Waals surface area contributed by atoms with E-state index in [0.717, 1.165) is 5.56 Å². The Morgan fingerprint density at radius 1 is 0.909 bits per heavy atom. The number of hydrogen-bond donors (Lipinski definition) is 0. The third kappa shape index (κ3) is 6.63. The summed E-state index contributed by atoms with van der Waals surface area (Å²) in [6.07, 6.45) is 0. The maximum atomic E-state index is 10.7. The van der Waals surface area contributed by atoms with Crippen LogP contribution in [-0.2, 0) is 10.1 Å². The summed E-state index contributed by atoms with van der Waals surface area (Å²) in [7, 11) is -4.31. The van der Waals surface area contributed by atoms with Crippen LogP contribution in [-0.4, -0.2) is 13.0 Å². The molecule has 0 bridgehead atoms. The maximum Gasteiger partial charge on any atom is 1.00 e. The molecule has 0 amide bonds. The summed E-state index contributed by atoms with van der Waals surface area (Å²) in [6, 6.07) is 15.2. The standard InChI is InChI=1S/C9H12.C8H10O3S.Na/c1-8(2)9-6-4-3-5-7-9;1-6-4-3-5-8(7(6)2)12(9,10)11;/h3-8H,1-2H3;3-5H,1-2H3,(H,9,10,11);/q;;+1/p-1. The quantitative estimate of drug-likeness (QED) is 0.611. The van der Waals surface area contributed by atoms with Crippen LogP contribution in [0.25, 0.3) is 0 Å². The smallest absolute Gasteiger partial charge is 0.744 e. The monoisotopic (exact) mass is 328 g/mol. The predicted octanol–water partition coefficient (Wildman–Crippen LogP) is 1.02. The molecule has 0 saturated carbocycles. The molecule has 0 aliphatic heterocycles. The van der Waals surface area contributed by atoms with Gasteiger partial charge in [-0.15, -0.1) is 0 Å². The van der Waals surface area contributed by atoms with Crippen LogP contribution in [0, 0.1) is 13.8 Å². The van der Waals surface area contributed by atoms with Gasteiger partial charge in [-0.25, -0.2) is 8.42 Å². The summed E-state index contributed by atoms with van der Waals surface area (Å²) in [5, 5.41) is 0. The topological polar surface area (TPSA) is 57.2 Å². The van der Waals surface area contributed by atoms with E-state index in [0.29, 0.717) is 11.5 Å². The Morgan fingerprint density at radius 3 is 1.82 bits per heavy atom. The third-order valence-corrected chi connectivity index (χ3v) is 4.27. The Labute approximate surface area is 155 Å². The van der Waals surface area contributed by atoms with Gasteiger partial charge >= 0.3 is 29.6 Å². The number of rotatable bonds is 2. The maximum absolute atomic E-state index is 10.7. The minimum absolute atomic E-state index is 0. The summed E-state index contributed by atoms with van der Waals surface area (Å²) in [5.74, 6) is 0.659. The van der Waals surface area contributed by atoms with Crippen LogP contribution in [0.15, 0.2) is 53.4 Å². The molecule has 2 rings (SSSR count). The van der Waals surface area contributed by atoms with Crippen LogP contribution >= 0.6 is 0 Å². The van der Waals surface area contributed by atoms with Crippen molar-refractivity contribution in [2.75, 3.05) is 0 Å². The van der Waals surface area contributed by atoms with Crippen LogP contribution < -0.4 is 29.6 Å². The second-order valence-electron chi connectivity index (χ2n) is 5.22. The first kappa shape index (κ1) is 21.4. The Morgan fingerprint density at radius 2 is 1.45 bits per heavy atom. The Hall–Kier alpha value is -0.650. The predicted molar refractivity (Wildman–Crippen MR) is 84.4 cm³/mol. The van der Waals surface area contributed by atoms with Crippen LogP contribution in [0.3, 0.4) is 0 Å². The van der Waals surface area contributed by atoms with Gasteiger partial charge in [0.2, 0.25) is 0 Å². The molecule has 22 heavy (non-hydrogen) atoms. The van der Waals surface area contributed by atoms with Gasteiger partial charge in [0.25, 0.3) is 0 Å². The van der Waals surface area contributed by atoms with Gasteiger partial charge in [0, 0.05) is 0 Å². The van der Waals surface area contributed by atoms with E-state index in [1.165, 1.54) is 11.6 Å². The summed E-state index contributed by atoms with van der Waals surface area (Å²) in [5.41, 5.74) is 2.76. The van der Waals surface area contributed by atoms with Crippen molar-refractivity contribution in [3.05, 3.63) is 65.2 Å². The van der Waals surface area contributed by atoms with Gasteiger partial charge in [0.05, 0.1) is 4.90 Å². The molecule has 0 aliphatic carbocycles. The summed E-state index contributed by atoms with van der Waals surface area (Å²) < 4.78 is 32.0. The SMILES string of the molecule is CC(C)c1ccccc1.Cc1cccc(S(=O)(=O)[O-])c1C.[Na+]. The van der Waals surface area contributed by atoms with Crippen LogP contribution in [0.5, 0.6) is 0 Å². The van der Waals surface area contributed by atoms with E-state index in [-0.39, 0.29) is 34.5 Å². The minimum Gasteiger partial charge on any atom is -0.744 e. The van der Waals surface area contributed by atoms with E-state index in [4.69, 9.17) is 0 Å². The zero-order valence-electron chi connectivity index (χ0n) is 13.8. The third-order valence-electron chi connectivity index (χ3n) is 3.29. The first-order chi connectivity index (χ1) is 9.73. The number of hydrogen-bond acceptors (Lipinski definition) is 3. The zero-order chi connectivity index (χ0) is 16.0. The van der Waals surface area contributed by atoms with Crippen molar-refractivity contribution in [2.24, 2.45) is 0 Å². The second-order valence-corrected chi connectivity index (χ2v) is 6.57. The van der Waals surface area contributed by atoms with Gasteiger partial charge in [-0.05, 0) is 42.5 Å². The summed E-state index contributed by atoms with van der Waals surface area (Å²) in [4.78, 5) is -0.123. The van der Waals surface area contributed by atoms with Gasteiger partial charge < -0.3 is 4.55 Å². The van der Waals surface area contributed by atoms with Crippen molar-refractivity contribution in [3.8, 4) is 0 Å². The fourth-order valence-corrected chi connectivity index (χ4v) is 2.61. The summed E-state index contributed by atoms with van der Waals surface area (Å²) >= 11 is 0. The molecule has 2 aromatic rings. The molecule has 0 fully saturated rings. The molecule has 0 N–H and O–H groups in total. The molecule has 0 aliphatic rings. The van der Waals surface area contributed by atoms with Gasteiger partial charge in [-0.3, -0.25) is 0 Å². The molecule has 0 saturated heterocycles. The van der Waals surface area contributed by atoms with Crippen LogP contribution in [0.1, 0.15) is 36.5 Å². The van der Waals surface area contributed by atoms with E-state index in [1.807, 2.05) is 6.07 Å². The van der Waals surface area contributed by atoms with Crippen molar-refractivity contribution in [3.63, 3.8) is 0 Å². The fourth-order valence-electron chi connectivity index (χ4n) is 1.83. The summed E-state index contributed by atoms with van der Waals surface area (Å²) in [6.45, 7) is 7.80. The number of aryl methyl sites for hydroxylation is 1. The van der Waals surface area contributed by atoms with Gasteiger partial charge in [-0.2, -0.15) is 0 Å². The molecule has 0 radical (unpaired) electrons. The van der Waals surface area contributed by atoms with Crippen LogP contribution in [0.2, 0.25) is 0 Å². The number of benzene rings is 2. The molecular formula is C17H21NaO3S. The van der Waals surface area contributed by atoms with Crippen molar-refractivity contribution >= 4 is 10.1 Å². The average Bonchev–Trinajstić information content (AvgIpc) is 2.42. The molecular weight excluding hydrogens is 307 g/mol. The van der Waals surface area contributed by atoms with E-state index < -0.39 is 10.1 Å². The Balaban J connectivity index is 0.000000397. The van der Waals surface area contributed by atoms with Crippen molar-refractivity contribution in [1.82, 2.24) is 0 Å². The van der Waals surface area contributed by atoms with Crippen molar-refractivity contribution in [1.29, 1.82) is 0 Å². The molecule has 5 heteroatoms. The Bertz CT molecular complexity index is 680. The zero-order valence-corrected chi connectivity index (χ0v) is 16.6. The van der Waals surface area contributed by atoms with E-state index in [1.54, 1.807) is 26.0 Å². The van der Waals surface area contributed by atoms with E-state index in [2.05, 4.69) is 38.1 Å². The molecule has 0 spiro atoms. The molecule has 0 atom stereocenters. The average molecular weight is 328 g/mol. The second kappa shape index (κ2) is 9.48. The largest absolute Gasteiger partial charge is 1.00 e. The van der Waals surface area contributed by atoms with Crippen molar-refractivity contribution < 1.29 is 42.5 Å². The van der Waals surface area contributed by atoms with E-state index >= 15 is 0 Å².